The minimum absolute atomic E-state index is 0.182. The van der Waals surface area contributed by atoms with E-state index < -0.39 is 0 Å². The quantitative estimate of drug-likeness (QED) is 0.673. The van der Waals surface area contributed by atoms with Gasteiger partial charge in [0.05, 0.1) is 24.6 Å². The fourth-order valence-electron chi connectivity index (χ4n) is 2.20. The molecule has 0 spiro atoms. The Bertz CT molecular complexity index is 591. The molecule has 112 valence electrons. The van der Waals surface area contributed by atoms with Crippen molar-refractivity contribution in [2.75, 3.05) is 14.2 Å². The third-order valence-corrected chi connectivity index (χ3v) is 4.36. The molecule has 1 atom stereocenters. The Morgan fingerprint density at radius 2 is 1.67 bits per heavy atom. The summed E-state index contributed by atoms with van der Waals surface area (Å²) >= 11 is 9.67. The van der Waals surface area contributed by atoms with Gasteiger partial charge in [-0.05, 0) is 30.7 Å². The highest BCUT2D eigenvalue weighted by Gasteiger charge is 2.21. The van der Waals surface area contributed by atoms with Crippen molar-refractivity contribution in [1.29, 1.82) is 0 Å². The summed E-state index contributed by atoms with van der Waals surface area (Å²) in [7, 11) is 3.18. The van der Waals surface area contributed by atoms with Crippen LogP contribution in [0.2, 0.25) is 5.02 Å². The third kappa shape index (κ3) is 3.50. The van der Waals surface area contributed by atoms with E-state index in [1.54, 1.807) is 26.4 Å². The Kier molecular flexibility index (Phi) is 5.48. The Labute approximate surface area is 137 Å². The van der Waals surface area contributed by atoms with Gasteiger partial charge in [-0.25, -0.2) is 4.39 Å². The van der Waals surface area contributed by atoms with Crippen molar-refractivity contribution in [3.63, 3.8) is 0 Å². The molecule has 0 amide bonds. The highest BCUT2D eigenvalue weighted by atomic mass is 79.9. The Morgan fingerprint density at radius 1 is 1.10 bits per heavy atom. The molecule has 21 heavy (non-hydrogen) atoms. The topological polar surface area (TPSA) is 18.5 Å². The third-order valence-electron chi connectivity index (χ3n) is 3.22. The Balaban J connectivity index is 2.39. The fraction of sp³-hybridized carbons (Fsp3) is 0.250. The molecule has 0 aromatic heterocycles. The number of benzene rings is 2. The van der Waals surface area contributed by atoms with E-state index in [1.165, 1.54) is 6.07 Å². The zero-order valence-corrected chi connectivity index (χ0v) is 14.0. The van der Waals surface area contributed by atoms with Crippen molar-refractivity contribution in [2.45, 2.75) is 11.2 Å². The minimum atomic E-state index is -0.319. The summed E-state index contributed by atoms with van der Waals surface area (Å²) in [5.41, 5.74) is 1.30. The lowest BCUT2D eigenvalue weighted by Gasteiger charge is -2.18. The maximum atomic E-state index is 13.9. The zero-order valence-electron chi connectivity index (χ0n) is 11.7. The molecule has 0 bridgehead atoms. The van der Waals surface area contributed by atoms with E-state index in [9.17, 15) is 4.39 Å². The average Bonchev–Trinajstić information content (AvgIpc) is 2.49. The van der Waals surface area contributed by atoms with Crippen LogP contribution in [-0.4, -0.2) is 14.2 Å². The van der Waals surface area contributed by atoms with Gasteiger partial charge in [0.25, 0.3) is 0 Å². The summed E-state index contributed by atoms with van der Waals surface area (Å²) in [6.45, 7) is 0. The van der Waals surface area contributed by atoms with Crippen LogP contribution in [0.1, 0.15) is 16.0 Å². The second kappa shape index (κ2) is 7.14. The number of halogens is 3. The van der Waals surface area contributed by atoms with Gasteiger partial charge in [-0.2, -0.15) is 0 Å². The molecule has 2 nitrogen and oxygen atoms in total. The SMILES string of the molecule is COc1cccc(OC)c1C(Br)Cc1c(F)cccc1Cl. The predicted octanol–water partition coefficient (Wildman–Crippen LogP) is 5.18. The molecule has 0 heterocycles. The van der Waals surface area contributed by atoms with E-state index in [-0.39, 0.29) is 10.6 Å². The normalized spacial score (nSPS) is 12.0. The predicted molar refractivity (Wildman–Crippen MR) is 86.3 cm³/mol. The van der Waals surface area contributed by atoms with Crippen molar-refractivity contribution in [3.05, 3.63) is 58.4 Å². The number of ether oxygens (including phenoxy) is 2. The van der Waals surface area contributed by atoms with Gasteiger partial charge in [-0.15, -0.1) is 0 Å². The molecule has 2 aromatic rings. The van der Waals surface area contributed by atoms with E-state index in [0.29, 0.717) is 28.5 Å². The van der Waals surface area contributed by atoms with E-state index in [2.05, 4.69) is 15.9 Å². The number of hydrogen-bond donors (Lipinski definition) is 0. The lowest BCUT2D eigenvalue weighted by Crippen LogP contribution is -2.03. The first kappa shape index (κ1) is 16.1. The van der Waals surface area contributed by atoms with Gasteiger partial charge in [0.1, 0.15) is 17.3 Å². The Morgan fingerprint density at radius 3 is 2.19 bits per heavy atom. The van der Waals surface area contributed by atoms with Crippen LogP contribution in [-0.2, 0) is 6.42 Å². The first-order valence-electron chi connectivity index (χ1n) is 6.36. The van der Waals surface area contributed by atoms with Crippen LogP contribution >= 0.6 is 27.5 Å². The van der Waals surface area contributed by atoms with E-state index in [0.717, 1.165) is 5.56 Å². The van der Waals surface area contributed by atoms with Crippen LogP contribution in [0.3, 0.4) is 0 Å². The van der Waals surface area contributed by atoms with Crippen LogP contribution in [0, 0.1) is 5.82 Å². The molecule has 2 aromatic carbocycles. The monoisotopic (exact) mass is 372 g/mol. The molecule has 0 aliphatic rings. The molecule has 0 saturated heterocycles. The lowest BCUT2D eigenvalue weighted by atomic mass is 10.0. The number of methoxy groups -OCH3 is 2. The van der Waals surface area contributed by atoms with Crippen LogP contribution < -0.4 is 9.47 Å². The van der Waals surface area contributed by atoms with Crippen molar-refractivity contribution >= 4 is 27.5 Å². The summed E-state index contributed by atoms with van der Waals surface area (Å²) in [4.78, 5) is -0.182. The summed E-state index contributed by atoms with van der Waals surface area (Å²) in [6, 6.07) is 10.2. The summed E-state index contributed by atoms with van der Waals surface area (Å²) < 4.78 is 24.7. The summed E-state index contributed by atoms with van der Waals surface area (Å²) in [5, 5.41) is 0.410. The molecule has 0 aliphatic carbocycles. The van der Waals surface area contributed by atoms with Gasteiger partial charge in [-0.1, -0.05) is 39.7 Å². The molecular formula is C16H15BrClFO2. The fourth-order valence-corrected chi connectivity index (χ4v) is 3.21. The van der Waals surface area contributed by atoms with E-state index >= 15 is 0 Å². The van der Waals surface area contributed by atoms with Crippen molar-refractivity contribution < 1.29 is 13.9 Å². The first-order chi connectivity index (χ1) is 10.1. The standard InChI is InChI=1S/C16H15BrClFO2/c1-20-14-7-4-8-15(21-2)16(14)11(17)9-10-12(18)5-3-6-13(10)19/h3-8,11H,9H2,1-2H3. The first-order valence-corrected chi connectivity index (χ1v) is 7.65. The highest BCUT2D eigenvalue weighted by molar-refractivity contribution is 9.09. The van der Waals surface area contributed by atoms with E-state index in [1.807, 2.05) is 18.2 Å². The molecule has 1 unspecified atom stereocenters. The minimum Gasteiger partial charge on any atom is -0.496 e. The number of hydrogen-bond acceptors (Lipinski definition) is 2. The molecule has 0 aliphatic heterocycles. The summed E-state index contributed by atoms with van der Waals surface area (Å²) in [6.07, 6.45) is 0.391. The molecule has 0 N–H and O–H groups in total. The number of rotatable bonds is 5. The van der Waals surface area contributed by atoms with Crippen molar-refractivity contribution in [2.24, 2.45) is 0 Å². The molecule has 0 radical (unpaired) electrons. The van der Waals surface area contributed by atoms with Gasteiger partial charge in [0.15, 0.2) is 0 Å². The van der Waals surface area contributed by atoms with Gasteiger partial charge in [0, 0.05) is 10.6 Å². The molecule has 0 saturated carbocycles. The second-order valence-electron chi connectivity index (χ2n) is 4.45. The molecule has 2 rings (SSSR count). The smallest absolute Gasteiger partial charge is 0.127 e. The zero-order chi connectivity index (χ0) is 15.4. The van der Waals surface area contributed by atoms with Gasteiger partial charge in [0.2, 0.25) is 0 Å². The van der Waals surface area contributed by atoms with Gasteiger partial charge < -0.3 is 9.47 Å². The van der Waals surface area contributed by atoms with E-state index in [4.69, 9.17) is 21.1 Å². The molecule has 0 fully saturated rings. The highest BCUT2D eigenvalue weighted by Crippen LogP contribution is 2.41. The van der Waals surface area contributed by atoms with Crippen LogP contribution in [0.4, 0.5) is 4.39 Å². The van der Waals surface area contributed by atoms with Gasteiger partial charge >= 0.3 is 0 Å². The maximum absolute atomic E-state index is 13.9. The van der Waals surface area contributed by atoms with Crippen molar-refractivity contribution in [3.8, 4) is 11.5 Å². The van der Waals surface area contributed by atoms with Crippen molar-refractivity contribution in [1.82, 2.24) is 0 Å². The van der Waals surface area contributed by atoms with Gasteiger partial charge in [-0.3, -0.25) is 0 Å². The molecule has 5 heteroatoms. The van der Waals surface area contributed by atoms with Crippen LogP contribution in [0.5, 0.6) is 11.5 Å². The lowest BCUT2D eigenvalue weighted by molar-refractivity contribution is 0.385. The van der Waals surface area contributed by atoms with Crippen LogP contribution in [0.15, 0.2) is 36.4 Å². The Hall–Kier alpha value is -1.26. The number of alkyl halides is 1. The van der Waals surface area contributed by atoms with Crippen LogP contribution in [0.25, 0.3) is 0 Å². The largest absolute Gasteiger partial charge is 0.496 e. The maximum Gasteiger partial charge on any atom is 0.127 e. The average molecular weight is 374 g/mol. The summed E-state index contributed by atoms with van der Waals surface area (Å²) in [5.74, 6) is 1.05. The second-order valence-corrected chi connectivity index (χ2v) is 5.96. The molecular weight excluding hydrogens is 359 g/mol.